The molecule has 2 atom stereocenters. The third kappa shape index (κ3) is 12.0. The molecule has 0 saturated carbocycles. The molecule has 0 aliphatic rings. The monoisotopic (exact) mass is 481 g/mol. The highest BCUT2D eigenvalue weighted by Gasteiger charge is 2.22. The maximum atomic E-state index is 12.6. The van der Waals surface area contributed by atoms with Crippen LogP contribution >= 0.6 is 0 Å². The van der Waals surface area contributed by atoms with E-state index in [1.165, 1.54) is 51.4 Å². The van der Waals surface area contributed by atoms with Crippen LogP contribution in [0.25, 0.3) is 0 Å². The van der Waals surface area contributed by atoms with Gasteiger partial charge in [-0.3, -0.25) is 10.1 Å². The number of nitro groups is 1. The van der Waals surface area contributed by atoms with Gasteiger partial charge in [0.05, 0.1) is 5.56 Å². The van der Waals surface area contributed by atoms with Crippen molar-refractivity contribution >= 4 is 5.97 Å². The molecule has 2 unspecified atom stereocenters. The van der Waals surface area contributed by atoms with Gasteiger partial charge in [-0.25, -0.2) is 4.79 Å². The van der Waals surface area contributed by atoms with Crippen molar-refractivity contribution in [3.05, 3.63) is 81.9 Å². The van der Waals surface area contributed by atoms with Gasteiger partial charge in [0.1, 0.15) is 6.10 Å². The van der Waals surface area contributed by atoms with E-state index in [1.54, 1.807) is 12.1 Å². The van der Waals surface area contributed by atoms with Gasteiger partial charge in [-0.05, 0) is 37.0 Å². The van der Waals surface area contributed by atoms with Gasteiger partial charge in [0, 0.05) is 17.8 Å². The van der Waals surface area contributed by atoms with E-state index >= 15 is 0 Å². The minimum Gasteiger partial charge on any atom is -0.454 e. The minimum atomic E-state index is -0.523. The fourth-order valence-corrected chi connectivity index (χ4v) is 4.49. The predicted molar refractivity (Wildman–Crippen MR) is 142 cm³/mol. The molecule has 0 spiro atoms. The number of ether oxygens (including phenoxy) is 1. The maximum Gasteiger partial charge on any atom is 0.338 e. The molecule has 0 saturated heterocycles. The summed E-state index contributed by atoms with van der Waals surface area (Å²) >= 11 is 0. The van der Waals surface area contributed by atoms with Crippen LogP contribution in [-0.4, -0.2) is 16.9 Å². The number of nitrogens with zero attached hydrogens (tertiary/aromatic N) is 1. The second-order valence-corrected chi connectivity index (χ2v) is 9.51. The minimum absolute atomic E-state index is 0.124. The van der Waals surface area contributed by atoms with E-state index in [0.29, 0.717) is 31.2 Å². The summed E-state index contributed by atoms with van der Waals surface area (Å²) in [6.07, 6.45) is 14.2. The van der Waals surface area contributed by atoms with Crippen LogP contribution in [-0.2, 0) is 4.74 Å². The van der Waals surface area contributed by atoms with Crippen molar-refractivity contribution < 1.29 is 14.5 Å². The zero-order valence-corrected chi connectivity index (χ0v) is 21.4. The first-order valence-corrected chi connectivity index (χ1v) is 13.6. The number of esters is 1. The number of hydrogen-bond acceptors (Lipinski definition) is 4. The molecule has 5 nitrogen and oxygen atoms in total. The molecule has 2 aromatic rings. The Hall–Kier alpha value is -2.69. The molecular weight excluding hydrogens is 438 g/mol. The number of rotatable bonds is 19. The maximum absolute atomic E-state index is 12.6. The van der Waals surface area contributed by atoms with Gasteiger partial charge in [-0.1, -0.05) is 113 Å². The molecule has 0 radical (unpaired) electrons. The third-order valence-electron chi connectivity index (χ3n) is 6.62. The van der Waals surface area contributed by atoms with Crippen molar-refractivity contribution in [2.45, 2.75) is 109 Å². The van der Waals surface area contributed by atoms with E-state index in [1.807, 2.05) is 48.5 Å². The molecule has 0 amide bonds. The first-order chi connectivity index (χ1) is 17.1. The lowest BCUT2D eigenvalue weighted by Gasteiger charge is -2.19. The SMILES string of the molecule is CCCCCCCCCCCCC(CCCC(OC(=O)c1ccccc1)c1ccccc1)[N+](=O)[O-]. The van der Waals surface area contributed by atoms with Gasteiger partial charge in [0.15, 0.2) is 0 Å². The molecule has 0 heterocycles. The number of carbonyl (C=O) groups is 1. The highest BCUT2D eigenvalue weighted by atomic mass is 16.6. The van der Waals surface area contributed by atoms with Crippen molar-refractivity contribution in [3.8, 4) is 0 Å². The molecule has 0 aromatic heterocycles. The first kappa shape index (κ1) is 28.5. The van der Waals surface area contributed by atoms with Gasteiger partial charge in [0.2, 0.25) is 6.04 Å². The Labute approximate surface area is 211 Å². The van der Waals surface area contributed by atoms with Gasteiger partial charge in [-0.15, -0.1) is 0 Å². The summed E-state index contributed by atoms with van der Waals surface area (Å²) < 4.78 is 5.82. The zero-order valence-electron chi connectivity index (χ0n) is 21.4. The molecule has 0 aliphatic carbocycles. The average Bonchev–Trinajstić information content (AvgIpc) is 2.88. The predicted octanol–water partition coefficient (Wildman–Crippen LogP) is 8.71. The largest absolute Gasteiger partial charge is 0.454 e. The van der Waals surface area contributed by atoms with E-state index in [4.69, 9.17) is 4.74 Å². The molecule has 0 bridgehead atoms. The highest BCUT2D eigenvalue weighted by Crippen LogP contribution is 2.26. The molecule has 35 heavy (non-hydrogen) atoms. The van der Waals surface area contributed by atoms with Crippen LogP contribution in [0.4, 0.5) is 0 Å². The molecule has 2 aromatic carbocycles. The van der Waals surface area contributed by atoms with Crippen LogP contribution in [0.1, 0.15) is 119 Å². The Morgan fingerprint density at radius 2 is 1.26 bits per heavy atom. The fraction of sp³-hybridized carbons (Fsp3) is 0.567. The highest BCUT2D eigenvalue weighted by molar-refractivity contribution is 5.89. The summed E-state index contributed by atoms with van der Waals surface area (Å²) in [6, 6.07) is 18.1. The summed E-state index contributed by atoms with van der Waals surface area (Å²) in [6.45, 7) is 2.24. The van der Waals surface area contributed by atoms with Crippen LogP contribution in [0, 0.1) is 10.1 Å². The van der Waals surface area contributed by atoms with E-state index in [0.717, 1.165) is 18.4 Å². The van der Waals surface area contributed by atoms with Crippen molar-refractivity contribution in [2.24, 2.45) is 0 Å². The lowest BCUT2D eigenvalue weighted by Crippen LogP contribution is -2.20. The van der Waals surface area contributed by atoms with Crippen LogP contribution in [0.2, 0.25) is 0 Å². The normalized spacial score (nSPS) is 12.7. The van der Waals surface area contributed by atoms with E-state index in [9.17, 15) is 14.9 Å². The Morgan fingerprint density at radius 1 is 0.743 bits per heavy atom. The van der Waals surface area contributed by atoms with Crippen LogP contribution in [0.3, 0.4) is 0 Å². The fourth-order valence-electron chi connectivity index (χ4n) is 4.49. The Balaban J connectivity index is 1.74. The zero-order chi connectivity index (χ0) is 25.1. The van der Waals surface area contributed by atoms with Crippen molar-refractivity contribution in [3.63, 3.8) is 0 Å². The summed E-state index contributed by atoms with van der Waals surface area (Å²) in [5.74, 6) is -0.365. The van der Waals surface area contributed by atoms with Gasteiger partial charge in [-0.2, -0.15) is 0 Å². The third-order valence-corrected chi connectivity index (χ3v) is 6.62. The van der Waals surface area contributed by atoms with Crippen LogP contribution in [0.15, 0.2) is 60.7 Å². The van der Waals surface area contributed by atoms with Crippen molar-refractivity contribution in [1.82, 2.24) is 0 Å². The van der Waals surface area contributed by atoms with E-state index in [2.05, 4.69) is 6.92 Å². The molecule has 2 rings (SSSR count). The quantitative estimate of drug-likeness (QED) is 0.0870. The molecular formula is C30H43NO4. The van der Waals surface area contributed by atoms with Gasteiger partial charge >= 0.3 is 5.97 Å². The molecule has 192 valence electrons. The molecule has 0 aliphatic heterocycles. The van der Waals surface area contributed by atoms with Crippen LogP contribution < -0.4 is 0 Å². The Morgan fingerprint density at radius 3 is 1.83 bits per heavy atom. The standard InChI is InChI=1S/C30H43NO4/c1-2-3-4-5-6-7-8-9-10-17-23-28(31(33)34)24-18-25-29(26-19-13-11-14-20-26)35-30(32)27-21-15-12-16-22-27/h11-16,19-22,28-29H,2-10,17-18,23-25H2,1H3. The Bertz CT molecular complexity index is 825. The lowest BCUT2D eigenvalue weighted by atomic mass is 9.98. The van der Waals surface area contributed by atoms with Gasteiger partial charge < -0.3 is 4.74 Å². The number of unbranched alkanes of at least 4 members (excludes halogenated alkanes) is 9. The second-order valence-electron chi connectivity index (χ2n) is 9.51. The summed E-state index contributed by atoms with van der Waals surface area (Å²) in [4.78, 5) is 24.1. The topological polar surface area (TPSA) is 69.4 Å². The summed E-state index contributed by atoms with van der Waals surface area (Å²) in [5, 5.41) is 11.6. The molecule has 5 heteroatoms. The second kappa shape index (κ2) is 17.7. The number of hydrogen-bond donors (Lipinski definition) is 0. The average molecular weight is 482 g/mol. The molecule has 0 N–H and O–H groups in total. The smallest absolute Gasteiger partial charge is 0.338 e. The number of benzene rings is 2. The summed E-state index contributed by atoms with van der Waals surface area (Å²) in [7, 11) is 0. The number of carbonyl (C=O) groups excluding carboxylic acids is 1. The van der Waals surface area contributed by atoms with Crippen molar-refractivity contribution in [1.29, 1.82) is 0 Å². The summed E-state index contributed by atoms with van der Waals surface area (Å²) in [5.41, 5.74) is 1.43. The van der Waals surface area contributed by atoms with Crippen LogP contribution in [0.5, 0.6) is 0 Å². The van der Waals surface area contributed by atoms with Gasteiger partial charge in [0.25, 0.3) is 0 Å². The molecule has 0 fully saturated rings. The lowest BCUT2D eigenvalue weighted by molar-refractivity contribution is -0.524. The Kier molecular flexibility index (Phi) is 14.4. The van der Waals surface area contributed by atoms with E-state index < -0.39 is 12.1 Å². The van der Waals surface area contributed by atoms with E-state index in [-0.39, 0.29) is 10.9 Å². The van der Waals surface area contributed by atoms with Crippen molar-refractivity contribution in [2.75, 3.05) is 0 Å². The first-order valence-electron chi connectivity index (χ1n) is 13.6.